The van der Waals surface area contributed by atoms with Crippen LogP contribution >= 0.6 is 0 Å². The molecular formula is C12H19N3. The van der Waals surface area contributed by atoms with Gasteiger partial charge in [0.2, 0.25) is 0 Å². The van der Waals surface area contributed by atoms with Gasteiger partial charge in [-0.1, -0.05) is 0 Å². The molecule has 15 heavy (non-hydrogen) atoms. The number of hydrogen-bond donors (Lipinski definition) is 1. The van der Waals surface area contributed by atoms with Crippen LogP contribution in [0.4, 0.5) is 5.82 Å². The van der Waals surface area contributed by atoms with E-state index in [0.29, 0.717) is 12.6 Å². The third-order valence-corrected chi connectivity index (χ3v) is 3.32. The first-order chi connectivity index (χ1) is 7.22. The lowest BCUT2D eigenvalue weighted by Gasteiger charge is -2.26. The Kier molecular flexibility index (Phi) is 2.91. The van der Waals surface area contributed by atoms with E-state index in [0.717, 1.165) is 17.3 Å². The van der Waals surface area contributed by atoms with Crippen molar-refractivity contribution in [2.75, 3.05) is 11.9 Å². The highest BCUT2D eigenvalue weighted by Gasteiger charge is 2.30. The van der Waals surface area contributed by atoms with Gasteiger partial charge < -0.3 is 10.6 Å². The van der Waals surface area contributed by atoms with Crippen LogP contribution in [0.15, 0.2) is 18.3 Å². The standard InChI is InChI=1S/C12H19N3/c1-9(11-3-4-11)15(2)12-7-10(8-13)5-6-14-12/h5-7,9,11H,3-4,8,13H2,1-2H3. The van der Waals surface area contributed by atoms with Crippen LogP contribution < -0.4 is 10.6 Å². The monoisotopic (exact) mass is 205 g/mol. The van der Waals surface area contributed by atoms with Crippen LogP contribution in [-0.4, -0.2) is 18.1 Å². The zero-order valence-corrected chi connectivity index (χ0v) is 9.48. The van der Waals surface area contributed by atoms with Crippen molar-refractivity contribution in [3.63, 3.8) is 0 Å². The summed E-state index contributed by atoms with van der Waals surface area (Å²) in [5.41, 5.74) is 6.77. The second kappa shape index (κ2) is 4.19. The molecule has 2 rings (SSSR count). The van der Waals surface area contributed by atoms with Crippen molar-refractivity contribution < 1.29 is 0 Å². The summed E-state index contributed by atoms with van der Waals surface area (Å²) in [5.74, 6) is 1.90. The van der Waals surface area contributed by atoms with Gasteiger partial charge in [-0.05, 0) is 43.4 Å². The van der Waals surface area contributed by atoms with E-state index >= 15 is 0 Å². The van der Waals surface area contributed by atoms with Crippen molar-refractivity contribution in [1.29, 1.82) is 0 Å². The van der Waals surface area contributed by atoms with Gasteiger partial charge in [0.05, 0.1) is 0 Å². The molecule has 3 nitrogen and oxygen atoms in total. The molecule has 0 saturated heterocycles. The fourth-order valence-electron chi connectivity index (χ4n) is 1.88. The molecular weight excluding hydrogens is 186 g/mol. The average Bonchev–Trinajstić information content (AvgIpc) is 3.11. The van der Waals surface area contributed by atoms with Gasteiger partial charge in [0, 0.05) is 25.8 Å². The van der Waals surface area contributed by atoms with Gasteiger partial charge >= 0.3 is 0 Å². The lowest BCUT2D eigenvalue weighted by Crippen LogP contribution is -2.31. The zero-order valence-electron chi connectivity index (χ0n) is 9.48. The molecule has 1 aromatic heterocycles. The molecule has 0 radical (unpaired) electrons. The number of anilines is 1. The molecule has 2 N–H and O–H groups in total. The SMILES string of the molecule is CC(C1CC1)N(C)c1cc(CN)ccn1. The van der Waals surface area contributed by atoms with Gasteiger partial charge in [-0.2, -0.15) is 0 Å². The largest absolute Gasteiger partial charge is 0.357 e. The molecule has 1 fully saturated rings. The third-order valence-electron chi connectivity index (χ3n) is 3.32. The number of hydrogen-bond acceptors (Lipinski definition) is 3. The molecule has 1 saturated carbocycles. The minimum Gasteiger partial charge on any atom is -0.357 e. The van der Waals surface area contributed by atoms with Crippen LogP contribution in [0, 0.1) is 5.92 Å². The van der Waals surface area contributed by atoms with E-state index in [1.807, 2.05) is 12.3 Å². The van der Waals surface area contributed by atoms with Gasteiger partial charge in [0.1, 0.15) is 5.82 Å². The highest BCUT2D eigenvalue weighted by Crippen LogP contribution is 2.35. The van der Waals surface area contributed by atoms with Crippen molar-refractivity contribution in [3.8, 4) is 0 Å². The van der Waals surface area contributed by atoms with Crippen LogP contribution in [0.5, 0.6) is 0 Å². The summed E-state index contributed by atoms with van der Waals surface area (Å²) < 4.78 is 0. The molecule has 1 atom stereocenters. The van der Waals surface area contributed by atoms with Crippen molar-refractivity contribution in [3.05, 3.63) is 23.9 Å². The Hall–Kier alpha value is -1.09. The maximum atomic E-state index is 5.62. The molecule has 0 aliphatic heterocycles. The van der Waals surface area contributed by atoms with Crippen molar-refractivity contribution in [2.24, 2.45) is 11.7 Å². The molecule has 1 heterocycles. The van der Waals surface area contributed by atoms with Gasteiger partial charge in [0.25, 0.3) is 0 Å². The Morgan fingerprint density at radius 3 is 2.93 bits per heavy atom. The maximum absolute atomic E-state index is 5.62. The fraction of sp³-hybridized carbons (Fsp3) is 0.583. The molecule has 0 aromatic carbocycles. The van der Waals surface area contributed by atoms with Crippen LogP contribution in [0.2, 0.25) is 0 Å². The summed E-state index contributed by atoms with van der Waals surface area (Å²) >= 11 is 0. The molecule has 1 unspecified atom stereocenters. The topological polar surface area (TPSA) is 42.1 Å². The van der Waals surface area contributed by atoms with Crippen molar-refractivity contribution >= 4 is 5.82 Å². The van der Waals surface area contributed by atoms with Crippen LogP contribution in [-0.2, 0) is 6.54 Å². The number of nitrogens with zero attached hydrogens (tertiary/aromatic N) is 2. The Balaban J connectivity index is 2.12. The first-order valence-corrected chi connectivity index (χ1v) is 5.60. The van der Waals surface area contributed by atoms with E-state index in [1.165, 1.54) is 12.8 Å². The minimum absolute atomic E-state index is 0.584. The smallest absolute Gasteiger partial charge is 0.128 e. The molecule has 0 bridgehead atoms. The molecule has 0 spiro atoms. The molecule has 0 amide bonds. The molecule has 82 valence electrons. The van der Waals surface area contributed by atoms with Gasteiger partial charge in [-0.3, -0.25) is 0 Å². The third kappa shape index (κ3) is 2.29. The Morgan fingerprint density at radius 1 is 1.60 bits per heavy atom. The van der Waals surface area contributed by atoms with Crippen molar-refractivity contribution in [1.82, 2.24) is 4.98 Å². The predicted octanol–water partition coefficient (Wildman–Crippen LogP) is 1.78. The Morgan fingerprint density at radius 2 is 2.33 bits per heavy atom. The molecule has 3 heteroatoms. The van der Waals surface area contributed by atoms with E-state index in [4.69, 9.17) is 5.73 Å². The number of rotatable bonds is 4. The highest BCUT2D eigenvalue weighted by atomic mass is 15.2. The first-order valence-electron chi connectivity index (χ1n) is 5.60. The minimum atomic E-state index is 0.584. The van der Waals surface area contributed by atoms with E-state index in [2.05, 4.69) is 29.9 Å². The van der Waals surface area contributed by atoms with Crippen LogP contribution in [0.25, 0.3) is 0 Å². The van der Waals surface area contributed by atoms with Gasteiger partial charge in [0.15, 0.2) is 0 Å². The summed E-state index contributed by atoms with van der Waals surface area (Å²) in [7, 11) is 2.12. The van der Waals surface area contributed by atoms with Crippen LogP contribution in [0.1, 0.15) is 25.3 Å². The number of aromatic nitrogens is 1. The van der Waals surface area contributed by atoms with Crippen molar-refractivity contribution in [2.45, 2.75) is 32.4 Å². The normalized spacial score (nSPS) is 17.5. The lowest BCUT2D eigenvalue weighted by atomic mass is 10.2. The zero-order chi connectivity index (χ0) is 10.8. The van der Waals surface area contributed by atoms with Gasteiger partial charge in [-0.15, -0.1) is 0 Å². The summed E-state index contributed by atoms with van der Waals surface area (Å²) in [5, 5.41) is 0. The van der Waals surface area contributed by atoms with Crippen LogP contribution in [0.3, 0.4) is 0 Å². The first kappa shape index (κ1) is 10.4. The number of nitrogens with two attached hydrogens (primary N) is 1. The fourth-order valence-corrected chi connectivity index (χ4v) is 1.88. The lowest BCUT2D eigenvalue weighted by molar-refractivity contribution is 0.603. The summed E-state index contributed by atoms with van der Waals surface area (Å²) in [6.07, 6.45) is 4.57. The summed E-state index contributed by atoms with van der Waals surface area (Å²) in [6, 6.07) is 4.64. The quantitative estimate of drug-likeness (QED) is 0.814. The highest BCUT2D eigenvalue weighted by molar-refractivity contribution is 5.41. The number of pyridine rings is 1. The van der Waals surface area contributed by atoms with E-state index in [-0.39, 0.29) is 0 Å². The molecule has 1 aromatic rings. The average molecular weight is 205 g/mol. The van der Waals surface area contributed by atoms with E-state index in [9.17, 15) is 0 Å². The second-order valence-electron chi connectivity index (χ2n) is 4.42. The second-order valence-corrected chi connectivity index (χ2v) is 4.42. The Labute approximate surface area is 91.3 Å². The van der Waals surface area contributed by atoms with E-state index in [1.54, 1.807) is 0 Å². The maximum Gasteiger partial charge on any atom is 0.128 e. The summed E-state index contributed by atoms with van der Waals surface area (Å²) in [4.78, 5) is 6.65. The Bertz CT molecular complexity index is 333. The van der Waals surface area contributed by atoms with Gasteiger partial charge in [-0.25, -0.2) is 4.98 Å². The predicted molar refractivity (Wildman–Crippen MR) is 62.7 cm³/mol. The molecule has 1 aliphatic carbocycles. The summed E-state index contributed by atoms with van der Waals surface area (Å²) in [6.45, 7) is 2.86. The van der Waals surface area contributed by atoms with E-state index < -0.39 is 0 Å². The molecule has 1 aliphatic rings.